The quantitative estimate of drug-likeness (QED) is 0.659. The maximum atomic E-state index is 11.2. The molecule has 0 aliphatic rings. The molecule has 0 spiro atoms. The molecule has 0 saturated carbocycles. The Kier molecular flexibility index (Phi) is 4.04. The molecule has 0 aliphatic heterocycles. The minimum Gasteiger partial charge on any atom is -0.473 e. The summed E-state index contributed by atoms with van der Waals surface area (Å²) < 4.78 is 5.15. The molecule has 2 aromatic heterocycles. The predicted octanol–water partition coefficient (Wildman–Crippen LogP) is 2.23. The molecule has 2 rings (SSSR count). The van der Waals surface area contributed by atoms with E-state index in [1.54, 1.807) is 19.2 Å². The summed E-state index contributed by atoms with van der Waals surface area (Å²) >= 11 is 0. The molecular formula is C12H13N5O3. The average molecular weight is 275 g/mol. The van der Waals surface area contributed by atoms with E-state index in [0.717, 1.165) is 5.56 Å². The zero-order chi connectivity index (χ0) is 14.5. The van der Waals surface area contributed by atoms with Crippen molar-refractivity contribution in [2.24, 2.45) is 0 Å². The van der Waals surface area contributed by atoms with Crippen LogP contribution in [0.4, 0.5) is 17.3 Å². The van der Waals surface area contributed by atoms with Gasteiger partial charge in [0, 0.05) is 6.20 Å². The first-order valence-electron chi connectivity index (χ1n) is 5.94. The SMILES string of the molecule is CCOc1ncnc(Nc2ncccc2C)c1[N+](=O)[O-]. The van der Waals surface area contributed by atoms with Gasteiger partial charge in [-0.2, -0.15) is 4.98 Å². The van der Waals surface area contributed by atoms with E-state index in [2.05, 4.69) is 20.3 Å². The van der Waals surface area contributed by atoms with Crippen LogP contribution >= 0.6 is 0 Å². The minimum absolute atomic E-state index is 0.0512. The van der Waals surface area contributed by atoms with Crippen molar-refractivity contribution in [2.75, 3.05) is 11.9 Å². The van der Waals surface area contributed by atoms with Crippen molar-refractivity contribution in [3.63, 3.8) is 0 Å². The van der Waals surface area contributed by atoms with Gasteiger partial charge in [-0.25, -0.2) is 9.97 Å². The van der Waals surface area contributed by atoms with Gasteiger partial charge in [-0.15, -0.1) is 0 Å². The molecule has 0 unspecified atom stereocenters. The standard InChI is InChI=1S/C12H13N5O3/c1-3-20-12-9(17(18)19)11(14-7-15-12)16-10-8(2)5-4-6-13-10/h4-7H,3H2,1-2H3,(H,13,14,15,16). The Morgan fingerprint density at radius 3 is 2.80 bits per heavy atom. The van der Waals surface area contributed by atoms with Crippen molar-refractivity contribution >= 4 is 17.3 Å². The number of nitrogens with one attached hydrogen (secondary N) is 1. The second-order valence-electron chi connectivity index (χ2n) is 3.86. The van der Waals surface area contributed by atoms with Gasteiger partial charge in [-0.05, 0) is 25.5 Å². The molecule has 0 fully saturated rings. The summed E-state index contributed by atoms with van der Waals surface area (Å²) in [7, 11) is 0. The van der Waals surface area contributed by atoms with Crippen LogP contribution in [0.2, 0.25) is 0 Å². The summed E-state index contributed by atoms with van der Waals surface area (Å²) in [5.41, 5.74) is 0.540. The molecular weight excluding hydrogens is 262 g/mol. The lowest BCUT2D eigenvalue weighted by atomic mass is 10.3. The number of hydrogen-bond donors (Lipinski definition) is 1. The van der Waals surface area contributed by atoms with Gasteiger partial charge in [0.15, 0.2) is 0 Å². The van der Waals surface area contributed by atoms with Crippen LogP contribution in [0.1, 0.15) is 12.5 Å². The molecule has 2 aromatic rings. The normalized spacial score (nSPS) is 10.1. The van der Waals surface area contributed by atoms with Crippen molar-refractivity contribution in [1.29, 1.82) is 0 Å². The highest BCUT2D eigenvalue weighted by molar-refractivity contribution is 5.67. The van der Waals surface area contributed by atoms with Crippen molar-refractivity contribution in [3.05, 3.63) is 40.3 Å². The largest absolute Gasteiger partial charge is 0.473 e. The van der Waals surface area contributed by atoms with Crippen molar-refractivity contribution in [1.82, 2.24) is 15.0 Å². The van der Waals surface area contributed by atoms with E-state index in [4.69, 9.17) is 4.74 Å². The van der Waals surface area contributed by atoms with Crippen LogP contribution in [0.25, 0.3) is 0 Å². The third kappa shape index (κ3) is 2.79. The first kappa shape index (κ1) is 13.7. The van der Waals surface area contributed by atoms with Crippen LogP contribution in [-0.4, -0.2) is 26.5 Å². The fourth-order valence-corrected chi connectivity index (χ4v) is 1.59. The van der Waals surface area contributed by atoms with Gasteiger partial charge in [0.1, 0.15) is 12.1 Å². The van der Waals surface area contributed by atoms with Gasteiger partial charge < -0.3 is 10.1 Å². The summed E-state index contributed by atoms with van der Waals surface area (Å²) in [5, 5.41) is 14.0. The number of rotatable bonds is 5. The van der Waals surface area contributed by atoms with Gasteiger partial charge in [0.25, 0.3) is 5.88 Å². The van der Waals surface area contributed by atoms with Crippen LogP contribution in [0.3, 0.4) is 0 Å². The molecule has 20 heavy (non-hydrogen) atoms. The predicted molar refractivity (Wildman–Crippen MR) is 72.1 cm³/mol. The summed E-state index contributed by atoms with van der Waals surface area (Å²) in [5.74, 6) is 0.482. The Morgan fingerprint density at radius 2 is 2.15 bits per heavy atom. The molecule has 2 heterocycles. The third-order valence-electron chi connectivity index (χ3n) is 2.50. The fraction of sp³-hybridized carbons (Fsp3) is 0.250. The van der Waals surface area contributed by atoms with Crippen LogP contribution in [0, 0.1) is 17.0 Å². The van der Waals surface area contributed by atoms with Crippen molar-refractivity contribution in [2.45, 2.75) is 13.8 Å². The molecule has 0 radical (unpaired) electrons. The van der Waals surface area contributed by atoms with Gasteiger partial charge in [0.05, 0.1) is 11.5 Å². The highest BCUT2D eigenvalue weighted by atomic mass is 16.6. The number of nitro groups is 1. The second-order valence-corrected chi connectivity index (χ2v) is 3.86. The molecule has 0 aromatic carbocycles. The first-order valence-corrected chi connectivity index (χ1v) is 5.94. The van der Waals surface area contributed by atoms with E-state index in [1.807, 2.05) is 13.0 Å². The zero-order valence-electron chi connectivity index (χ0n) is 11.0. The molecule has 8 nitrogen and oxygen atoms in total. The van der Waals surface area contributed by atoms with Crippen LogP contribution in [0.15, 0.2) is 24.7 Å². The summed E-state index contributed by atoms with van der Waals surface area (Å²) in [4.78, 5) is 22.4. The molecule has 0 bridgehead atoms. The van der Waals surface area contributed by atoms with Crippen LogP contribution in [0.5, 0.6) is 5.88 Å². The highest BCUT2D eigenvalue weighted by Crippen LogP contribution is 2.32. The zero-order valence-corrected chi connectivity index (χ0v) is 11.0. The highest BCUT2D eigenvalue weighted by Gasteiger charge is 2.24. The number of aromatic nitrogens is 3. The number of ether oxygens (including phenoxy) is 1. The van der Waals surface area contributed by atoms with E-state index >= 15 is 0 Å². The lowest BCUT2D eigenvalue weighted by Crippen LogP contribution is -2.06. The van der Waals surface area contributed by atoms with Crippen molar-refractivity contribution in [3.8, 4) is 5.88 Å². The third-order valence-corrected chi connectivity index (χ3v) is 2.50. The summed E-state index contributed by atoms with van der Waals surface area (Å²) in [6.07, 6.45) is 2.80. The van der Waals surface area contributed by atoms with Crippen LogP contribution < -0.4 is 10.1 Å². The molecule has 0 amide bonds. The topological polar surface area (TPSA) is 103 Å². The van der Waals surface area contributed by atoms with Gasteiger partial charge in [0.2, 0.25) is 5.82 Å². The van der Waals surface area contributed by atoms with Gasteiger partial charge >= 0.3 is 5.69 Å². The Labute approximate surface area is 115 Å². The van der Waals surface area contributed by atoms with Crippen LogP contribution in [-0.2, 0) is 0 Å². The maximum absolute atomic E-state index is 11.2. The first-order chi connectivity index (χ1) is 9.63. The monoisotopic (exact) mass is 275 g/mol. The van der Waals surface area contributed by atoms with Gasteiger partial charge in [-0.1, -0.05) is 6.07 Å². The minimum atomic E-state index is -0.578. The number of anilines is 2. The average Bonchev–Trinajstić information content (AvgIpc) is 2.41. The van der Waals surface area contributed by atoms with E-state index in [9.17, 15) is 10.1 Å². The Morgan fingerprint density at radius 1 is 1.35 bits per heavy atom. The molecule has 8 heteroatoms. The Hall–Kier alpha value is -2.77. The Bertz CT molecular complexity index is 632. The summed E-state index contributed by atoms with van der Waals surface area (Å²) in [6, 6.07) is 3.62. The lowest BCUT2D eigenvalue weighted by molar-refractivity contribution is -0.385. The lowest BCUT2D eigenvalue weighted by Gasteiger charge is -2.09. The smallest absolute Gasteiger partial charge is 0.373 e. The Balaban J connectivity index is 2.44. The molecule has 0 atom stereocenters. The summed E-state index contributed by atoms with van der Waals surface area (Å²) in [6.45, 7) is 3.84. The van der Waals surface area contributed by atoms with E-state index in [0.29, 0.717) is 5.82 Å². The number of nitrogens with zero attached hydrogens (tertiary/aromatic N) is 4. The van der Waals surface area contributed by atoms with E-state index < -0.39 is 4.92 Å². The van der Waals surface area contributed by atoms with Crippen molar-refractivity contribution < 1.29 is 9.66 Å². The molecule has 0 aliphatic carbocycles. The maximum Gasteiger partial charge on any atom is 0.373 e. The van der Waals surface area contributed by atoms with E-state index in [1.165, 1.54) is 6.33 Å². The number of hydrogen-bond acceptors (Lipinski definition) is 7. The molecule has 104 valence electrons. The number of pyridine rings is 1. The fourth-order valence-electron chi connectivity index (χ4n) is 1.59. The molecule has 0 saturated heterocycles. The van der Waals surface area contributed by atoms with E-state index in [-0.39, 0.29) is 24.0 Å². The second kappa shape index (κ2) is 5.91. The number of aryl methyl sites for hydroxylation is 1. The molecule has 1 N–H and O–H groups in total. The van der Waals surface area contributed by atoms with Gasteiger partial charge in [-0.3, -0.25) is 10.1 Å².